The molecule has 8 heteroatoms. The Bertz CT molecular complexity index is 470. The van der Waals surface area contributed by atoms with Gasteiger partial charge in [0, 0.05) is 18.5 Å². The molecular formula is C9H10N6S2. The van der Waals surface area contributed by atoms with E-state index in [0.29, 0.717) is 11.0 Å². The number of nitrogens with zero attached hydrogens (tertiary/aromatic N) is 4. The minimum absolute atomic E-state index is 0.579. The minimum Gasteiger partial charge on any atom is -0.308 e. The third kappa shape index (κ3) is 3.29. The topological polar surface area (TPSA) is 89.6 Å². The van der Waals surface area contributed by atoms with Gasteiger partial charge in [-0.15, -0.1) is 0 Å². The Morgan fingerprint density at radius 1 is 1.24 bits per heavy atom. The van der Waals surface area contributed by atoms with Crippen LogP contribution in [0.5, 0.6) is 0 Å². The van der Waals surface area contributed by atoms with Crippen LogP contribution < -0.4 is 11.3 Å². The Labute approximate surface area is 107 Å². The lowest BCUT2D eigenvalue weighted by atomic mass is 10.6. The number of nitrogens with one attached hydrogen (secondary N) is 1. The van der Waals surface area contributed by atoms with Gasteiger partial charge < -0.3 is 5.43 Å². The predicted octanol–water partition coefficient (Wildman–Crippen LogP) is 1.43. The molecule has 0 amide bonds. The highest BCUT2D eigenvalue weighted by atomic mass is 32.2. The zero-order chi connectivity index (χ0) is 12.1. The van der Waals surface area contributed by atoms with Crippen molar-refractivity contribution in [3.8, 4) is 0 Å². The Morgan fingerprint density at radius 3 is 2.76 bits per heavy atom. The number of hydrogen-bond donors (Lipinski definition) is 2. The minimum atomic E-state index is 0.579. The van der Waals surface area contributed by atoms with E-state index >= 15 is 0 Å². The normalized spacial score (nSPS) is 10.2. The van der Waals surface area contributed by atoms with Crippen LogP contribution in [0.3, 0.4) is 0 Å². The average Bonchev–Trinajstić information content (AvgIpc) is 2.39. The molecule has 0 bridgehead atoms. The number of aromatic nitrogens is 4. The van der Waals surface area contributed by atoms with E-state index < -0.39 is 0 Å². The zero-order valence-electron chi connectivity index (χ0n) is 8.99. The van der Waals surface area contributed by atoms with E-state index in [0.717, 1.165) is 10.1 Å². The monoisotopic (exact) mass is 266 g/mol. The van der Waals surface area contributed by atoms with Crippen molar-refractivity contribution >= 4 is 29.3 Å². The standard InChI is InChI=1S/C9H10N6S2/c1-16-9-13-6(15-10)4-7(14-9)17-8-5-11-2-3-12-8/h2-5H,10H2,1H3,(H,13,14,15). The van der Waals surface area contributed by atoms with E-state index in [1.807, 2.05) is 6.26 Å². The summed E-state index contributed by atoms with van der Waals surface area (Å²) in [5.74, 6) is 5.93. The number of nitrogens with two attached hydrogens (primary N) is 1. The number of anilines is 1. The van der Waals surface area contributed by atoms with Crippen molar-refractivity contribution in [3.63, 3.8) is 0 Å². The second-order valence-corrected chi connectivity index (χ2v) is 4.68. The van der Waals surface area contributed by atoms with Crippen LogP contribution in [0.2, 0.25) is 0 Å². The smallest absolute Gasteiger partial charge is 0.190 e. The molecule has 3 N–H and O–H groups in total. The van der Waals surface area contributed by atoms with Gasteiger partial charge in [0.25, 0.3) is 0 Å². The molecule has 0 fully saturated rings. The van der Waals surface area contributed by atoms with E-state index in [9.17, 15) is 0 Å². The Hall–Kier alpha value is -1.38. The third-order valence-electron chi connectivity index (χ3n) is 1.76. The lowest BCUT2D eigenvalue weighted by molar-refractivity contribution is 0.890. The number of hydrogen-bond acceptors (Lipinski definition) is 8. The van der Waals surface area contributed by atoms with Crippen LogP contribution in [-0.2, 0) is 0 Å². The molecule has 0 spiro atoms. The van der Waals surface area contributed by atoms with E-state index in [-0.39, 0.29) is 0 Å². The Kier molecular flexibility index (Phi) is 4.13. The molecule has 88 valence electrons. The second-order valence-electron chi connectivity index (χ2n) is 2.87. The molecular weight excluding hydrogens is 256 g/mol. The maximum absolute atomic E-state index is 5.35. The predicted molar refractivity (Wildman–Crippen MR) is 67.8 cm³/mol. The van der Waals surface area contributed by atoms with Crippen LogP contribution in [0.25, 0.3) is 0 Å². The van der Waals surface area contributed by atoms with E-state index in [4.69, 9.17) is 5.84 Å². The summed E-state index contributed by atoms with van der Waals surface area (Å²) in [4.78, 5) is 16.7. The molecule has 17 heavy (non-hydrogen) atoms. The van der Waals surface area contributed by atoms with Crippen LogP contribution in [0.15, 0.2) is 39.9 Å². The fourth-order valence-corrected chi connectivity index (χ4v) is 2.25. The third-order valence-corrected chi connectivity index (χ3v) is 3.15. The van der Waals surface area contributed by atoms with Crippen LogP contribution in [-0.4, -0.2) is 26.2 Å². The van der Waals surface area contributed by atoms with Crippen LogP contribution >= 0.6 is 23.5 Å². The first-order valence-electron chi connectivity index (χ1n) is 4.65. The number of hydrazine groups is 1. The first kappa shape index (κ1) is 12.1. The average molecular weight is 266 g/mol. The summed E-state index contributed by atoms with van der Waals surface area (Å²) >= 11 is 2.87. The molecule has 0 aliphatic carbocycles. The van der Waals surface area contributed by atoms with Gasteiger partial charge in [0.2, 0.25) is 0 Å². The largest absolute Gasteiger partial charge is 0.308 e. The quantitative estimate of drug-likeness (QED) is 0.282. The van der Waals surface area contributed by atoms with Crippen molar-refractivity contribution in [1.29, 1.82) is 0 Å². The molecule has 2 aromatic rings. The van der Waals surface area contributed by atoms with Crippen molar-refractivity contribution in [2.24, 2.45) is 5.84 Å². The van der Waals surface area contributed by atoms with Crippen molar-refractivity contribution in [3.05, 3.63) is 24.7 Å². The molecule has 0 saturated carbocycles. The highest BCUT2D eigenvalue weighted by molar-refractivity contribution is 7.99. The van der Waals surface area contributed by atoms with Crippen LogP contribution in [0.1, 0.15) is 0 Å². The summed E-state index contributed by atoms with van der Waals surface area (Å²) in [5, 5.41) is 2.21. The Balaban J connectivity index is 2.26. The summed E-state index contributed by atoms with van der Waals surface area (Å²) in [5.41, 5.74) is 2.51. The molecule has 6 nitrogen and oxygen atoms in total. The van der Waals surface area contributed by atoms with Crippen molar-refractivity contribution in [2.45, 2.75) is 15.2 Å². The van der Waals surface area contributed by atoms with Gasteiger partial charge in [-0.25, -0.2) is 20.8 Å². The lowest BCUT2D eigenvalue weighted by Gasteiger charge is -2.04. The number of nitrogen functional groups attached to an aromatic ring is 1. The van der Waals surface area contributed by atoms with Gasteiger partial charge in [-0.1, -0.05) is 11.8 Å². The van der Waals surface area contributed by atoms with Crippen molar-refractivity contribution in [1.82, 2.24) is 19.9 Å². The van der Waals surface area contributed by atoms with Gasteiger partial charge in [0.15, 0.2) is 5.16 Å². The first-order chi connectivity index (χ1) is 8.31. The molecule has 2 heterocycles. The molecule has 0 aliphatic rings. The fourth-order valence-electron chi connectivity index (χ4n) is 1.07. The van der Waals surface area contributed by atoms with Gasteiger partial charge in [-0.3, -0.25) is 4.98 Å². The van der Waals surface area contributed by atoms with Gasteiger partial charge >= 0.3 is 0 Å². The number of thioether (sulfide) groups is 1. The highest BCUT2D eigenvalue weighted by Crippen LogP contribution is 2.26. The second kappa shape index (κ2) is 5.80. The van der Waals surface area contributed by atoms with Crippen LogP contribution in [0, 0.1) is 0 Å². The zero-order valence-corrected chi connectivity index (χ0v) is 10.6. The molecule has 0 aliphatic heterocycles. The lowest BCUT2D eigenvalue weighted by Crippen LogP contribution is -2.09. The van der Waals surface area contributed by atoms with Gasteiger partial charge in [0.05, 0.1) is 6.20 Å². The molecule has 0 radical (unpaired) electrons. The molecule has 0 saturated heterocycles. The van der Waals surface area contributed by atoms with Gasteiger partial charge in [0.1, 0.15) is 15.9 Å². The van der Waals surface area contributed by atoms with Crippen molar-refractivity contribution < 1.29 is 0 Å². The van der Waals surface area contributed by atoms with Gasteiger partial charge in [-0.2, -0.15) is 0 Å². The molecule has 0 atom stereocenters. The molecule has 2 aromatic heterocycles. The Morgan fingerprint density at radius 2 is 2.12 bits per heavy atom. The van der Waals surface area contributed by atoms with E-state index in [1.165, 1.54) is 23.5 Å². The highest BCUT2D eigenvalue weighted by Gasteiger charge is 2.05. The van der Waals surface area contributed by atoms with Gasteiger partial charge in [-0.05, 0) is 18.0 Å². The van der Waals surface area contributed by atoms with Crippen LogP contribution in [0.4, 0.5) is 5.82 Å². The SMILES string of the molecule is CSc1nc(NN)cc(Sc2cnccn2)n1. The fraction of sp³-hybridized carbons (Fsp3) is 0.111. The molecule has 0 unspecified atom stereocenters. The molecule has 2 rings (SSSR count). The summed E-state index contributed by atoms with van der Waals surface area (Å²) in [6.07, 6.45) is 6.86. The summed E-state index contributed by atoms with van der Waals surface area (Å²) in [7, 11) is 0. The van der Waals surface area contributed by atoms with E-state index in [2.05, 4.69) is 25.4 Å². The summed E-state index contributed by atoms with van der Waals surface area (Å²) in [6, 6.07) is 1.76. The maximum atomic E-state index is 5.35. The summed E-state index contributed by atoms with van der Waals surface area (Å²) < 4.78 is 0. The van der Waals surface area contributed by atoms with Crippen molar-refractivity contribution in [2.75, 3.05) is 11.7 Å². The summed E-state index contributed by atoms with van der Waals surface area (Å²) in [6.45, 7) is 0. The van der Waals surface area contributed by atoms with E-state index in [1.54, 1.807) is 24.7 Å². The first-order valence-corrected chi connectivity index (χ1v) is 6.69. The maximum Gasteiger partial charge on any atom is 0.190 e. The molecule has 0 aromatic carbocycles. The number of rotatable bonds is 4.